The molecule has 1 aliphatic carbocycles. The van der Waals surface area contributed by atoms with Gasteiger partial charge in [0.25, 0.3) is 5.91 Å². The van der Waals surface area contributed by atoms with E-state index in [-0.39, 0.29) is 24.6 Å². The molecule has 1 unspecified atom stereocenters. The van der Waals surface area contributed by atoms with Crippen molar-refractivity contribution in [2.24, 2.45) is 11.8 Å². The standard InChI is InChI=1S/C25H23F3N4O2/c1-15-7-8-21(16-5-3-2-4-6-16)22(31-15)23(33)32-13-18-9-17(18)10-20(32)14-34-24-29-11-19(12-30-24)25(26,27)28/h2-8,11-12,17-18,20H,9-10,13-14H2,1H3/t17?,18-,20-/m0/s1. The lowest BCUT2D eigenvalue weighted by Crippen LogP contribution is -2.48. The second-order valence-electron chi connectivity index (χ2n) is 8.88. The number of pyridine rings is 1. The lowest BCUT2D eigenvalue weighted by Gasteiger charge is -2.35. The Morgan fingerprint density at radius 1 is 1.06 bits per heavy atom. The molecule has 0 radical (unpaired) electrons. The molecule has 176 valence electrons. The summed E-state index contributed by atoms with van der Waals surface area (Å²) >= 11 is 0. The Morgan fingerprint density at radius 2 is 1.79 bits per heavy atom. The summed E-state index contributed by atoms with van der Waals surface area (Å²) in [4.78, 5) is 27.5. The van der Waals surface area contributed by atoms with Crippen molar-refractivity contribution >= 4 is 5.91 Å². The molecule has 34 heavy (non-hydrogen) atoms. The Labute approximate surface area is 194 Å². The fraction of sp³-hybridized carbons (Fsp3) is 0.360. The minimum Gasteiger partial charge on any atom is -0.461 e. The van der Waals surface area contributed by atoms with Gasteiger partial charge in [0.15, 0.2) is 0 Å². The van der Waals surface area contributed by atoms with Crippen LogP contribution >= 0.6 is 0 Å². The van der Waals surface area contributed by atoms with Crippen molar-refractivity contribution in [1.29, 1.82) is 0 Å². The fourth-order valence-electron chi connectivity index (χ4n) is 4.52. The smallest absolute Gasteiger partial charge is 0.419 e. The van der Waals surface area contributed by atoms with Crippen molar-refractivity contribution < 1.29 is 22.7 Å². The van der Waals surface area contributed by atoms with E-state index in [1.807, 2.05) is 49.4 Å². The first-order chi connectivity index (χ1) is 16.3. The number of aryl methyl sites for hydroxylation is 1. The summed E-state index contributed by atoms with van der Waals surface area (Å²) in [6, 6.07) is 13.0. The van der Waals surface area contributed by atoms with Crippen molar-refractivity contribution in [2.45, 2.75) is 32.0 Å². The van der Waals surface area contributed by atoms with Crippen molar-refractivity contribution in [1.82, 2.24) is 19.9 Å². The zero-order valence-electron chi connectivity index (χ0n) is 18.5. The van der Waals surface area contributed by atoms with Crippen molar-refractivity contribution in [2.75, 3.05) is 13.2 Å². The SMILES string of the molecule is Cc1ccc(-c2ccccc2)c(C(=O)N2C[C@@H]3CC3C[C@H]2COc2ncc(C(F)(F)F)cn2)n1. The number of alkyl halides is 3. The van der Waals surface area contributed by atoms with Gasteiger partial charge in [0.05, 0.1) is 11.6 Å². The van der Waals surface area contributed by atoms with Gasteiger partial charge in [-0.2, -0.15) is 13.2 Å². The van der Waals surface area contributed by atoms with Crippen LogP contribution in [-0.4, -0.2) is 45.0 Å². The average Bonchev–Trinajstić information content (AvgIpc) is 3.60. The van der Waals surface area contributed by atoms with Crippen LogP contribution in [0.2, 0.25) is 0 Å². The number of fused-ring (bicyclic) bond motifs is 1. The van der Waals surface area contributed by atoms with Crippen LogP contribution in [0, 0.1) is 18.8 Å². The van der Waals surface area contributed by atoms with Crippen LogP contribution < -0.4 is 4.74 Å². The normalized spacial score (nSPS) is 21.6. The lowest BCUT2D eigenvalue weighted by molar-refractivity contribution is -0.138. The van der Waals surface area contributed by atoms with Gasteiger partial charge in [-0.15, -0.1) is 0 Å². The Morgan fingerprint density at radius 3 is 2.50 bits per heavy atom. The highest BCUT2D eigenvalue weighted by Crippen LogP contribution is 2.47. The first-order valence-electron chi connectivity index (χ1n) is 11.2. The van der Waals surface area contributed by atoms with E-state index in [1.165, 1.54) is 0 Å². The molecule has 1 aliphatic heterocycles. The summed E-state index contributed by atoms with van der Waals surface area (Å²) in [6.45, 7) is 2.56. The minimum absolute atomic E-state index is 0.104. The van der Waals surface area contributed by atoms with E-state index >= 15 is 0 Å². The molecule has 3 heterocycles. The predicted octanol–water partition coefficient (Wildman–Crippen LogP) is 4.80. The number of nitrogens with zero attached hydrogens (tertiary/aromatic N) is 4. The largest absolute Gasteiger partial charge is 0.461 e. The molecule has 3 aromatic rings. The van der Waals surface area contributed by atoms with Crippen LogP contribution in [0.3, 0.4) is 0 Å². The number of ether oxygens (including phenoxy) is 1. The van der Waals surface area contributed by atoms with Crippen LogP contribution in [0.4, 0.5) is 13.2 Å². The first kappa shape index (κ1) is 22.3. The molecular weight excluding hydrogens is 445 g/mol. The molecular formula is C25H23F3N4O2. The van der Waals surface area contributed by atoms with Crippen LogP contribution in [-0.2, 0) is 6.18 Å². The maximum atomic E-state index is 13.7. The van der Waals surface area contributed by atoms with Crippen molar-refractivity contribution in [3.8, 4) is 17.1 Å². The van der Waals surface area contributed by atoms with Gasteiger partial charge >= 0.3 is 12.2 Å². The number of carbonyl (C=O) groups excluding carboxylic acids is 1. The fourth-order valence-corrected chi connectivity index (χ4v) is 4.52. The number of amides is 1. The van der Waals surface area contributed by atoms with Gasteiger partial charge in [0.1, 0.15) is 12.3 Å². The maximum Gasteiger partial charge on any atom is 0.419 e. The van der Waals surface area contributed by atoms with Gasteiger partial charge < -0.3 is 9.64 Å². The summed E-state index contributed by atoms with van der Waals surface area (Å²) in [5, 5.41) is 0. The van der Waals surface area contributed by atoms with Gasteiger partial charge in [-0.25, -0.2) is 15.0 Å². The Kier molecular flexibility index (Phi) is 5.71. The third-order valence-corrected chi connectivity index (χ3v) is 6.46. The maximum absolute atomic E-state index is 13.7. The first-order valence-corrected chi connectivity index (χ1v) is 11.2. The molecule has 1 aromatic carbocycles. The summed E-state index contributed by atoms with van der Waals surface area (Å²) in [7, 11) is 0. The number of benzene rings is 1. The van der Waals surface area contributed by atoms with Crippen molar-refractivity contribution in [3.05, 3.63) is 71.8 Å². The zero-order valence-corrected chi connectivity index (χ0v) is 18.5. The molecule has 0 N–H and O–H groups in total. The highest BCUT2D eigenvalue weighted by molar-refractivity contribution is 5.99. The van der Waals surface area contributed by atoms with Gasteiger partial charge in [-0.3, -0.25) is 4.79 Å². The third-order valence-electron chi connectivity index (χ3n) is 6.46. The number of hydrogen-bond donors (Lipinski definition) is 0. The van der Waals surface area contributed by atoms with E-state index in [4.69, 9.17) is 4.74 Å². The lowest BCUT2D eigenvalue weighted by atomic mass is 9.99. The molecule has 2 aliphatic rings. The highest BCUT2D eigenvalue weighted by Gasteiger charge is 2.47. The molecule has 6 nitrogen and oxygen atoms in total. The quantitative estimate of drug-likeness (QED) is 0.538. The van der Waals surface area contributed by atoms with E-state index in [0.717, 1.165) is 29.7 Å². The Hall–Kier alpha value is -3.49. The topological polar surface area (TPSA) is 68.2 Å². The number of piperidine rings is 1. The van der Waals surface area contributed by atoms with Crippen LogP contribution in [0.1, 0.15) is 34.6 Å². The molecule has 0 spiro atoms. The van der Waals surface area contributed by atoms with Gasteiger partial charge in [-0.05, 0) is 43.2 Å². The summed E-state index contributed by atoms with van der Waals surface area (Å²) in [5.74, 6) is 0.826. The van der Waals surface area contributed by atoms with Gasteiger partial charge in [-0.1, -0.05) is 36.4 Å². The third kappa shape index (κ3) is 4.60. The number of aromatic nitrogens is 3. The van der Waals surface area contributed by atoms with Crippen LogP contribution in [0.15, 0.2) is 54.9 Å². The highest BCUT2D eigenvalue weighted by atomic mass is 19.4. The number of likely N-dealkylation sites (tertiary alicyclic amines) is 1. The van der Waals surface area contributed by atoms with E-state index in [1.54, 1.807) is 4.90 Å². The van der Waals surface area contributed by atoms with E-state index in [0.29, 0.717) is 36.5 Å². The number of carbonyl (C=O) groups is 1. The molecule has 1 amide bonds. The van der Waals surface area contributed by atoms with Crippen LogP contribution in [0.25, 0.3) is 11.1 Å². The second kappa shape index (κ2) is 8.70. The van der Waals surface area contributed by atoms with Gasteiger partial charge in [0, 0.05) is 30.2 Å². The van der Waals surface area contributed by atoms with E-state index in [9.17, 15) is 18.0 Å². The molecule has 9 heteroatoms. The van der Waals surface area contributed by atoms with Crippen molar-refractivity contribution in [3.63, 3.8) is 0 Å². The molecule has 1 saturated carbocycles. The minimum atomic E-state index is -4.51. The molecule has 1 saturated heterocycles. The number of halogens is 3. The predicted molar refractivity (Wildman–Crippen MR) is 118 cm³/mol. The second-order valence-corrected chi connectivity index (χ2v) is 8.88. The summed E-state index contributed by atoms with van der Waals surface area (Å²) < 4.78 is 43.9. The molecule has 5 rings (SSSR count). The molecule has 0 bridgehead atoms. The van der Waals surface area contributed by atoms with Crippen LogP contribution in [0.5, 0.6) is 6.01 Å². The summed E-state index contributed by atoms with van der Waals surface area (Å²) in [6.07, 6.45) is -1.28. The van der Waals surface area contributed by atoms with E-state index in [2.05, 4.69) is 15.0 Å². The molecule has 3 atom stereocenters. The number of rotatable bonds is 5. The zero-order chi connectivity index (χ0) is 23.9. The molecule has 2 fully saturated rings. The average molecular weight is 468 g/mol. The number of hydrogen-bond acceptors (Lipinski definition) is 5. The van der Waals surface area contributed by atoms with Gasteiger partial charge in [0.2, 0.25) is 0 Å². The summed E-state index contributed by atoms with van der Waals surface area (Å²) in [5.41, 5.74) is 1.87. The van der Waals surface area contributed by atoms with E-state index < -0.39 is 11.7 Å². The Bertz CT molecular complexity index is 1190. The monoisotopic (exact) mass is 468 g/mol. The molecule has 2 aromatic heterocycles. The Balaban J connectivity index is 1.37.